The SMILES string of the molecule is COC(=O)c1cscc1NCCCBr. The minimum Gasteiger partial charge on any atom is -0.465 e. The van der Waals surface area contributed by atoms with E-state index in [0.717, 1.165) is 24.0 Å². The molecule has 1 N–H and O–H groups in total. The Kier molecular flexibility index (Phi) is 4.97. The van der Waals surface area contributed by atoms with Crippen molar-refractivity contribution in [1.29, 1.82) is 0 Å². The van der Waals surface area contributed by atoms with E-state index in [1.807, 2.05) is 5.38 Å². The molecule has 0 unspecified atom stereocenters. The maximum absolute atomic E-state index is 11.3. The monoisotopic (exact) mass is 277 g/mol. The Labute approximate surface area is 95.6 Å². The van der Waals surface area contributed by atoms with Gasteiger partial charge in [0.05, 0.1) is 18.4 Å². The van der Waals surface area contributed by atoms with E-state index in [9.17, 15) is 4.79 Å². The van der Waals surface area contributed by atoms with Crippen LogP contribution in [-0.4, -0.2) is 25.0 Å². The van der Waals surface area contributed by atoms with Gasteiger partial charge in [-0.1, -0.05) is 15.9 Å². The van der Waals surface area contributed by atoms with Gasteiger partial charge in [0.2, 0.25) is 0 Å². The van der Waals surface area contributed by atoms with E-state index in [1.54, 1.807) is 5.38 Å². The summed E-state index contributed by atoms with van der Waals surface area (Å²) in [6, 6.07) is 0. The number of nitrogens with one attached hydrogen (secondary N) is 1. The Bertz CT molecular complexity index is 301. The summed E-state index contributed by atoms with van der Waals surface area (Å²) in [4.78, 5) is 11.3. The van der Waals surface area contributed by atoms with E-state index >= 15 is 0 Å². The van der Waals surface area contributed by atoms with Crippen LogP contribution in [-0.2, 0) is 4.74 Å². The molecule has 0 saturated carbocycles. The second kappa shape index (κ2) is 6.03. The molecule has 0 saturated heterocycles. The van der Waals surface area contributed by atoms with Gasteiger partial charge in [0, 0.05) is 22.6 Å². The third-order valence-corrected chi connectivity index (χ3v) is 3.00. The highest BCUT2D eigenvalue weighted by Gasteiger charge is 2.11. The van der Waals surface area contributed by atoms with E-state index in [0.29, 0.717) is 5.56 Å². The molecule has 0 aliphatic carbocycles. The Morgan fingerprint density at radius 1 is 1.64 bits per heavy atom. The van der Waals surface area contributed by atoms with Crippen molar-refractivity contribution in [3.8, 4) is 0 Å². The van der Waals surface area contributed by atoms with Crippen LogP contribution in [0, 0.1) is 0 Å². The van der Waals surface area contributed by atoms with Gasteiger partial charge in [-0.15, -0.1) is 11.3 Å². The van der Waals surface area contributed by atoms with E-state index in [2.05, 4.69) is 26.0 Å². The van der Waals surface area contributed by atoms with E-state index < -0.39 is 0 Å². The second-order valence-electron chi connectivity index (χ2n) is 2.66. The largest absolute Gasteiger partial charge is 0.465 e. The lowest BCUT2D eigenvalue weighted by Gasteiger charge is -2.04. The number of carbonyl (C=O) groups is 1. The number of hydrogen-bond donors (Lipinski definition) is 1. The summed E-state index contributed by atoms with van der Waals surface area (Å²) in [5.74, 6) is -0.285. The van der Waals surface area contributed by atoms with Gasteiger partial charge in [0.15, 0.2) is 0 Å². The van der Waals surface area contributed by atoms with Crippen molar-refractivity contribution in [3.63, 3.8) is 0 Å². The Morgan fingerprint density at radius 2 is 2.43 bits per heavy atom. The molecule has 0 aliphatic heterocycles. The molecule has 0 amide bonds. The zero-order valence-corrected chi connectivity index (χ0v) is 10.3. The highest BCUT2D eigenvalue weighted by atomic mass is 79.9. The Balaban J connectivity index is 2.58. The molecule has 0 atom stereocenters. The maximum Gasteiger partial charge on any atom is 0.340 e. The summed E-state index contributed by atoms with van der Waals surface area (Å²) in [6.45, 7) is 0.853. The number of anilines is 1. The minimum absolute atomic E-state index is 0.285. The van der Waals surface area contributed by atoms with Gasteiger partial charge in [0.25, 0.3) is 0 Å². The molecule has 1 aromatic heterocycles. The first-order valence-corrected chi connectivity index (χ1v) is 6.30. The van der Waals surface area contributed by atoms with E-state index in [-0.39, 0.29) is 5.97 Å². The van der Waals surface area contributed by atoms with Crippen LogP contribution in [0.2, 0.25) is 0 Å². The maximum atomic E-state index is 11.3. The highest BCUT2D eigenvalue weighted by Crippen LogP contribution is 2.21. The number of carbonyl (C=O) groups excluding carboxylic acids is 1. The predicted octanol–water partition coefficient (Wildman–Crippen LogP) is 2.73. The fourth-order valence-corrected chi connectivity index (χ4v) is 2.05. The molecule has 1 rings (SSSR count). The molecular weight excluding hydrogens is 266 g/mol. The van der Waals surface area contributed by atoms with Crippen molar-refractivity contribution < 1.29 is 9.53 Å². The van der Waals surface area contributed by atoms with Crippen molar-refractivity contribution >= 4 is 38.9 Å². The molecule has 78 valence electrons. The zero-order chi connectivity index (χ0) is 10.4. The van der Waals surface area contributed by atoms with Crippen LogP contribution in [0.25, 0.3) is 0 Å². The summed E-state index contributed by atoms with van der Waals surface area (Å²) in [7, 11) is 1.39. The van der Waals surface area contributed by atoms with Crippen LogP contribution in [0.15, 0.2) is 10.8 Å². The molecule has 1 aromatic rings. The number of hydrogen-bond acceptors (Lipinski definition) is 4. The lowest BCUT2D eigenvalue weighted by molar-refractivity contribution is 0.0602. The average molecular weight is 278 g/mol. The number of rotatable bonds is 5. The van der Waals surface area contributed by atoms with Gasteiger partial charge in [-0.05, 0) is 6.42 Å². The fraction of sp³-hybridized carbons (Fsp3) is 0.444. The molecule has 0 bridgehead atoms. The zero-order valence-electron chi connectivity index (χ0n) is 7.88. The van der Waals surface area contributed by atoms with E-state index in [4.69, 9.17) is 0 Å². The number of ether oxygens (including phenoxy) is 1. The van der Waals surface area contributed by atoms with Crippen LogP contribution in [0.5, 0.6) is 0 Å². The molecule has 0 aromatic carbocycles. The van der Waals surface area contributed by atoms with E-state index in [1.165, 1.54) is 18.4 Å². The molecule has 0 radical (unpaired) electrons. The summed E-state index contributed by atoms with van der Waals surface area (Å²) in [5, 5.41) is 7.86. The average Bonchev–Trinajstić information content (AvgIpc) is 2.65. The summed E-state index contributed by atoms with van der Waals surface area (Å²) in [6.07, 6.45) is 1.02. The van der Waals surface area contributed by atoms with Crippen LogP contribution in [0.3, 0.4) is 0 Å². The van der Waals surface area contributed by atoms with Crippen molar-refractivity contribution in [2.24, 2.45) is 0 Å². The summed E-state index contributed by atoms with van der Waals surface area (Å²) >= 11 is 4.84. The first-order valence-electron chi connectivity index (χ1n) is 4.24. The smallest absolute Gasteiger partial charge is 0.340 e. The van der Waals surface area contributed by atoms with Gasteiger partial charge in [-0.25, -0.2) is 4.79 Å². The third kappa shape index (κ3) is 2.99. The summed E-state index contributed by atoms with van der Waals surface area (Å²) in [5.41, 5.74) is 1.48. The topological polar surface area (TPSA) is 38.3 Å². The van der Waals surface area contributed by atoms with Gasteiger partial charge >= 0.3 is 5.97 Å². The molecular formula is C9H12BrNO2S. The Morgan fingerprint density at radius 3 is 3.07 bits per heavy atom. The highest BCUT2D eigenvalue weighted by molar-refractivity contribution is 9.09. The lowest BCUT2D eigenvalue weighted by Crippen LogP contribution is -2.07. The van der Waals surface area contributed by atoms with Crippen molar-refractivity contribution in [2.45, 2.75) is 6.42 Å². The molecule has 14 heavy (non-hydrogen) atoms. The van der Waals surface area contributed by atoms with Crippen LogP contribution in [0.4, 0.5) is 5.69 Å². The fourth-order valence-electron chi connectivity index (χ4n) is 0.992. The molecule has 0 fully saturated rings. The molecule has 0 spiro atoms. The first kappa shape index (κ1) is 11.5. The third-order valence-electron chi connectivity index (χ3n) is 1.69. The van der Waals surface area contributed by atoms with Crippen LogP contribution < -0.4 is 5.32 Å². The van der Waals surface area contributed by atoms with Crippen LogP contribution in [0.1, 0.15) is 16.8 Å². The van der Waals surface area contributed by atoms with Gasteiger partial charge < -0.3 is 10.1 Å². The summed E-state index contributed by atoms with van der Waals surface area (Å²) < 4.78 is 4.66. The first-order chi connectivity index (χ1) is 6.79. The minimum atomic E-state index is -0.285. The number of thiophene rings is 1. The van der Waals surface area contributed by atoms with Crippen LogP contribution >= 0.6 is 27.3 Å². The van der Waals surface area contributed by atoms with Crippen molar-refractivity contribution in [1.82, 2.24) is 0 Å². The van der Waals surface area contributed by atoms with Gasteiger partial charge in [-0.2, -0.15) is 0 Å². The van der Waals surface area contributed by atoms with Crippen molar-refractivity contribution in [3.05, 3.63) is 16.3 Å². The number of halogens is 1. The molecule has 0 aliphatic rings. The Hall–Kier alpha value is -0.550. The number of esters is 1. The molecule has 1 heterocycles. The standard InChI is InChI=1S/C9H12BrNO2S/c1-13-9(12)7-5-14-6-8(7)11-4-2-3-10/h5-6,11H,2-4H2,1H3. The predicted molar refractivity (Wildman–Crippen MR) is 62.6 cm³/mol. The molecule has 3 nitrogen and oxygen atoms in total. The normalized spacial score (nSPS) is 9.86. The van der Waals surface area contributed by atoms with Gasteiger partial charge in [0.1, 0.15) is 0 Å². The second-order valence-corrected chi connectivity index (χ2v) is 4.20. The van der Waals surface area contributed by atoms with Gasteiger partial charge in [-0.3, -0.25) is 0 Å². The quantitative estimate of drug-likeness (QED) is 0.511. The lowest BCUT2D eigenvalue weighted by atomic mass is 10.3. The number of methoxy groups -OCH3 is 1. The number of alkyl halides is 1. The van der Waals surface area contributed by atoms with Crippen molar-refractivity contribution in [2.75, 3.05) is 24.3 Å². The molecule has 5 heteroatoms.